The second kappa shape index (κ2) is 7.97. The third-order valence-electron chi connectivity index (χ3n) is 4.53. The van der Waals surface area contributed by atoms with Crippen molar-refractivity contribution >= 4 is 5.78 Å². The molecule has 0 saturated heterocycles. The Labute approximate surface area is 173 Å². The van der Waals surface area contributed by atoms with Crippen LogP contribution in [-0.2, 0) is 0 Å². The van der Waals surface area contributed by atoms with Crippen LogP contribution in [0.4, 0.5) is 0 Å². The fraction of sp³-hybridized carbons (Fsp3) is 0.0870. The number of nitrogens with zero attached hydrogens (tertiary/aromatic N) is 5. The first-order chi connectivity index (χ1) is 14.5. The van der Waals surface area contributed by atoms with E-state index in [1.807, 2.05) is 37.3 Å². The minimum Gasteiger partial charge on any atom is -0.439 e. The maximum Gasteiger partial charge on any atom is 0.225 e. The number of ketones is 1. The van der Waals surface area contributed by atoms with Crippen molar-refractivity contribution in [2.24, 2.45) is 0 Å². The lowest BCUT2D eigenvalue weighted by molar-refractivity contribution is 0.101. The molecule has 146 valence electrons. The normalized spacial score (nSPS) is 10.4. The van der Waals surface area contributed by atoms with Gasteiger partial charge in [0.05, 0.1) is 29.1 Å². The number of Topliss-reactive ketones (excluding diaryl/α,β-unsaturated/α-hetero) is 1. The standard InChI is InChI=1S/C23H17N5O2/c1-15-20(16(2)29)14-25-28(15)21-12-22(30-19-10-8-17(13-24)9-11-19)27-23(26-21)18-6-4-3-5-7-18/h3-12,14H,1-2H3. The fourth-order valence-corrected chi connectivity index (χ4v) is 2.99. The highest BCUT2D eigenvalue weighted by Crippen LogP contribution is 2.26. The topological polar surface area (TPSA) is 93.7 Å². The summed E-state index contributed by atoms with van der Waals surface area (Å²) in [5, 5.41) is 13.3. The molecule has 0 spiro atoms. The molecular weight excluding hydrogens is 378 g/mol. The van der Waals surface area contributed by atoms with Gasteiger partial charge in [-0.1, -0.05) is 30.3 Å². The van der Waals surface area contributed by atoms with Gasteiger partial charge in [-0.3, -0.25) is 4.79 Å². The van der Waals surface area contributed by atoms with Gasteiger partial charge in [-0.25, -0.2) is 9.67 Å². The van der Waals surface area contributed by atoms with Crippen molar-refractivity contribution in [3.05, 3.63) is 83.7 Å². The summed E-state index contributed by atoms with van der Waals surface area (Å²) in [6.07, 6.45) is 1.53. The molecule has 2 heterocycles. The zero-order valence-electron chi connectivity index (χ0n) is 16.4. The van der Waals surface area contributed by atoms with E-state index in [1.165, 1.54) is 13.1 Å². The van der Waals surface area contributed by atoms with Gasteiger partial charge >= 0.3 is 0 Å². The largest absolute Gasteiger partial charge is 0.439 e. The van der Waals surface area contributed by atoms with Crippen molar-refractivity contribution in [3.8, 4) is 34.9 Å². The first kappa shape index (κ1) is 19.0. The summed E-state index contributed by atoms with van der Waals surface area (Å²) in [6.45, 7) is 3.32. The summed E-state index contributed by atoms with van der Waals surface area (Å²) < 4.78 is 7.52. The van der Waals surface area contributed by atoms with Gasteiger partial charge in [0.25, 0.3) is 0 Å². The first-order valence-corrected chi connectivity index (χ1v) is 9.23. The molecule has 2 aromatic heterocycles. The molecule has 4 aromatic rings. The smallest absolute Gasteiger partial charge is 0.225 e. The van der Waals surface area contributed by atoms with E-state index in [0.29, 0.717) is 40.1 Å². The van der Waals surface area contributed by atoms with Gasteiger partial charge < -0.3 is 4.74 Å². The van der Waals surface area contributed by atoms with Gasteiger partial charge in [-0.05, 0) is 38.1 Å². The molecule has 0 N–H and O–H groups in total. The predicted molar refractivity (Wildman–Crippen MR) is 111 cm³/mol. The van der Waals surface area contributed by atoms with Crippen molar-refractivity contribution < 1.29 is 9.53 Å². The van der Waals surface area contributed by atoms with Crippen LogP contribution < -0.4 is 4.74 Å². The molecule has 0 unspecified atom stereocenters. The van der Waals surface area contributed by atoms with E-state index in [0.717, 1.165) is 5.56 Å². The van der Waals surface area contributed by atoms with Crippen molar-refractivity contribution in [2.75, 3.05) is 0 Å². The number of hydrogen-bond acceptors (Lipinski definition) is 6. The van der Waals surface area contributed by atoms with Gasteiger partial charge in [0.2, 0.25) is 5.88 Å². The van der Waals surface area contributed by atoms with Gasteiger partial charge in [0.15, 0.2) is 17.4 Å². The summed E-state index contributed by atoms with van der Waals surface area (Å²) in [6, 6.07) is 20.0. The maximum absolute atomic E-state index is 11.8. The highest BCUT2D eigenvalue weighted by atomic mass is 16.5. The molecule has 7 nitrogen and oxygen atoms in total. The Kier molecular flexibility index (Phi) is 5.06. The molecule has 0 aliphatic heterocycles. The molecular formula is C23H17N5O2. The van der Waals surface area contributed by atoms with E-state index in [-0.39, 0.29) is 5.78 Å². The van der Waals surface area contributed by atoms with Crippen LogP contribution in [0.3, 0.4) is 0 Å². The van der Waals surface area contributed by atoms with Crippen LogP contribution in [0.2, 0.25) is 0 Å². The highest BCUT2D eigenvalue weighted by Gasteiger charge is 2.16. The van der Waals surface area contributed by atoms with Gasteiger partial charge in [0.1, 0.15) is 5.75 Å². The summed E-state index contributed by atoms with van der Waals surface area (Å²) >= 11 is 0. The second-order valence-electron chi connectivity index (χ2n) is 6.60. The lowest BCUT2D eigenvalue weighted by Gasteiger charge is -2.11. The monoisotopic (exact) mass is 395 g/mol. The summed E-state index contributed by atoms with van der Waals surface area (Å²) in [4.78, 5) is 21.0. The lowest BCUT2D eigenvalue weighted by Crippen LogP contribution is -2.06. The molecule has 2 aromatic carbocycles. The van der Waals surface area contributed by atoms with Crippen molar-refractivity contribution in [1.82, 2.24) is 19.7 Å². The van der Waals surface area contributed by atoms with E-state index >= 15 is 0 Å². The first-order valence-electron chi connectivity index (χ1n) is 9.23. The number of aromatic nitrogens is 4. The average molecular weight is 395 g/mol. The van der Waals surface area contributed by atoms with E-state index in [4.69, 9.17) is 10.00 Å². The van der Waals surface area contributed by atoms with Gasteiger partial charge in [0, 0.05) is 11.6 Å². The van der Waals surface area contributed by atoms with Crippen LogP contribution in [0.1, 0.15) is 28.5 Å². The summed E-state index contributed by atoms with van der Waals surface area (Å²) in [5.74, 6) is 1.75. The highest BCUT2D eigenvalue weighted by molar-refractivity contribution is 5.95. The Hall–Kier alpha value is -4.31. The van der Waals surface area contributed by atoms with E-state index in [1.54, 1.807) is 35.0 Å². The van der Waals surface area contributed by atoms with Gasteiger partial charge in [-0.15, -0.1) is 0 Å². The maximum atomic E-state index is 11.8. The molecule has 0 amide bonds. The van der Waals surface area contributed by atoms with Crippen molar-refractivity contribution in [3.63, 3.8) is 0 Å². The molecule has 0 radical (unpaired) electrons. The van der Waals surface area contributed by atoms with E-state index in [2.05, 4.69) is 21.1 Å². The number of carbonyl (C=O) groups is 1. The minimum atomic E-state index is -0.0647. The number of rotatable bonds is 5. The van der Waals surface area contributed by atoms with Gasteiger partial charge in [-0.2, -0.15) is 15.3 Å². The average Bonchev–Trinajstić information content (AvgIpc) is 3.16. The molecule has 0 bridgehead atoms. The Balaban J connectivity index is 1.80. The van der Waals surface area contributed by atoms with Crippen LogP contribution in [0.5, 0.6) is 11.6 Å². The molecule has 7 heteroatoms. The van der Waals surface area contributed by atoms with E-state index in [9.17, 15) is 4.79 Å². The van der Waals surface area contributed by atoms with Crippen LogP contribution >= 0.6 is 0 Å². The lowest BCUT2D eigenvalue weighted by atomic mass is 10.2. The quantitative estimate of drug-likeness (QED) is 0.462. The summed E-state index contributed by atoms with van der Waals surface area (Å²) in [7, 11) is 0. The number of hydrogen-bond donors (Lipinski definition) is 0. The van der Waals surface area contributed by atoms with Crippen LogP contribution in [-0.4, -0.2) is 25.5 Å². The predicted octanol–water partition coefficient (Wildman–Crippen LogP) is 4.50. The van der Waals surface area contributed by atoms with Crippen LogP contribution in [0.15, 0.2) is 66.9 Å². The van der Waals surface area contributed by atoms with Crippen molar-refractivity contribution in [1.29, 1.82) is 5.26 Å². The Morgan fingerprint density at radius 3 is 2.43 bits per heavy atom. The molecule has 4 rings (SSSR count). The number of ether oxygens (including phenoxy) is 1. The third kappa shape index (κ3) is 3.80. The number of benzene rings is 2. The number of nitriles is 1. The zero-order chi connectivity index (χ0) is 21.1. The molecule has 0 aliphatic carbocycles. The fourth-order valence-electron chi connectivity index (χ4n) is 2.99. The molecule has 0 atom stereocenters. The van der Waals surface area contributed by atoms with Crippen molar-refractivity contribution in [2.45, 2.75) is 13.8 Å². The molecule has 0 fully saturated rings. The third-order valence-corrected chi connectivity index (χ3v) is 4.53. The Bertz CT molecular complexity index is 1260. The Morgan fingerprint density at radius 2 is 1.80 bits per heavy atom. The summed E-state index contributed by atoms with van der Waals surface area (Å²) in [5.41, 5.74) is 2.58. The Morgan fingerprint density at radius 1 is 1.07 bits per heavy atom. The SMILES string of the molecule is CC(=O)c1cnn(-c2cc(Oc3ccc(C#N)cc3)nc(-c3ccccc3)n2)c1C. The molecule has 30 heavy (non-hydrogen) atoms. The van der Waals surface area contributed by atoms with Crippen LogP contribution in [0, 0.1) is 18.3 Å². The minimum absolute atomic E-state index is 0.0647. The molecule has 0 aliphatic rings. The number of carbonyl (C=O) groups excluding carboxylic acids is 1. The van der Waals surface area contributed by atoms with E-state index < -0.39 is 0 Å². The molecule has 0 saturated carbocycles. The second-order valence-corrected chi connectivity index (χ2v) is 6.60. The van der Waals surface area contributed by atoms with Crippen LogP contribution in [0.25, 0.3) is 17.2 Å². The zero-order valence-corrected chi connectivity index (χ0v) is 16.4.